The average molecular weight is 1010 g/mol. The lowest BCUT2D eigenvalue weighted by atomic mass is 10.0. The van der Waals surface area contributed by atoms with E-state index in [-0.39, 0.29) is 32.6 Å². The van der Waals surface area contributed by atoms with Crippen molar-refractivity contribution in [1.29, 1.82) is 0 Å². The first-order valence-electron chi connectivity index (χ1n) is 28.4. The lowest BCUT2D eigenvalue weighted by molar-refractivity contribution is -0.161. The van der Waals surface area contributed by atoms with Crippen LogP contribution in [0.5, 0.6) is 0 Å². The molecule has 0 radical (unpaired) electrons. The van der Waals surface area contributed by atoms with Gasteiger partial charge in [0.2, 0.25) is 0 Å². The molecule has 0 aromatic carbocycles. The Hall–Kier alpha value is -3.33. The lowest BCUT2D eigenvalue weighted by Crippen LogP contribution is -2.29. The maximum atomic E-state index is 12.7. The predicted molar refractivity (Wildman–Crippen MR) is 302 cm³/mol. The molecule has 0 aromatic rings. The van der Waals surface area contributed by atoms with Crippen molar-refractivity contribution in [2.45, 2.75) is 238 Å². The molecular weight excluding hydrogens is 906 g/mol. The highest BCUT2D eigenvalue weighted by molar-refractivity contribution is 7.47. The van der Waals surface area contributed by atoms with Crippen LogP contribution in [0.2, 0.25) is 0 Å². The van der Waals surface area contributed by atoms with E-state index in [1.165, 1.54) is 103 Å². The second-order valence-corrected chi connectivity index (χ2v) is 19.9. The molecule has 0 aliphatic rings. The molecule has 71 heavy (non-hydrogen) atoms. The van der Waals surface area contributed by atoms with Crippen molar-refractivity contribution >= 4 is 19.8 Å². The van der Waals surface area contributed by atoms with Gasteiger partial charge in [-0.25, -0.2) is 4.57 Å². The smallest absolute Gasteiger partial charge is 0.462 e. The molecular formula is C61H104NO8P. The molecule has 0 fully saturated rings. The fraction of sp³-hybridized carbons (Fsp3) is 0.672. The Bertz CT molecular complexity index is 1530. The Morgan fingerprint density at radius 1 is 0.437 bits per heavy atom. The summed E-state index contributed by atoms with van der Waals surface area (Å²) in [5.41, 5.74) is 5.38. The molecule has 3 N–H and O–H groups in total. The number of phosphoric acid groups is 1. The van der Waals surface area contributed by atoms with Gasteiger partial charge in [0.05, 0.1) is 13.2 Å². The van der Waals surface area contributed by atoms with E-state index in [9.17, 15) is 19.0 Å². The van der Waals surface area contributed by atoms with Gasteiger partial charge in [-0.3, -0.25) is 18.6 Å². The molecule has 0 aliphatic heterocycles. The number of ether oxygens (including phenoxy) is 2. The van der Waals surface area contributed by atoms with Crippen LogP contribution in [0.3, 0.4) is 0 Å². The maximum absolute atomic E-state index is 12.7. The average Bonchev–Trinajstić information content (AvgIpc) is 3.36. The zero-order chi connectivity index (χ0) is 51.7. The highest BCUT2D eigenvalue weighted by Crippen LogP contribution is 2.43. The minimum Gasteiger partial charge on any atom is -0.462 e. The van der Waals surface area contributed by atoms with E-state index in [0.29, 0.717) is 6.42 Å². The fourth-order valence-corrected chi connectivity index (χ4v) is 8.23. The summed E-state index contributed by atoms with van der Waals surface area (Å²) in [5.74, 6) is -0.864. The fourth-order valence-electron chi connectivity index (χ4n) is 7.47. The van der Waals surface area contributed by atoms with Crippen molar-refractivity contribution in [3.8, 4) is 0 Å². The van der Waals surface area contributed by atoms with Crippen LogP contribution in [0.1, 0.15) is 232 Å². The van der Waals surface area contributed by atoms with E-state index >= 15 is 0 Å². The quantitative estimate of drug-likeness (QED) is 0.0264. The molecule has 9 nitrogen and oxygen atoms in total. The molecule has 2 unspecified atom stereocenters. The predicted octanol–water partition coefficient (Wildman–Crippen LogP) is 17.8. The summed E-state index contributed by atoms with van der Waals surface area (Å²) in [6.07, 6.45) is 75.6. The Balaban J connectivity index is 4.07. The van der Waals surface area contributed by atoms with Crippen molar-refractivity contribution < 1.29 is 37.6 Å². The summed E-state index contributed by atoms with van der Waals surface area (Å²) in [4.78, 5) is 35.2. The summed E-state index contributed by atoms with van der Waals surface area (Å²) in [6, 6.07) is 0. The third-order valence-corrected chi connectivity index (χ3v) is 12.6. The van der Waals surface area contributed by atoms with Crippen molar-refractivity contribution in [3.63, 3.8) is 0 Å². The van der Waals surface area contributed by atoms with Crippen LogP contribution in [-0.2, 0) is 32.7 Å². The Kier molecular flexibility index (Phi) is 53.3. The molecule has 0 aliphatic carbocycles. The zero-order valence-electron chi connectivity index (χ0n) is 45.2. The van der Waals surface area contributed by atoms with Gasteiger partial charge in [0, 0.05) is 19.4 Å². The Morgan fingerprint density at radius 3 is 1.15 bits per heavy atom. The number of hydrogen-bond acceptors (Lipinski definition) is 8. The van der Waals surface area contributed by atoms with E-state index in [2.05, 4.69) is 123 Å². The van der Waals surface area contributed by atoms with Crippen molar-refractivity contribution in [2.75, 3.05) is 26.4 Å². The van der Waals surface area contributed by atoms with Gasteiger partial charge in [-0.1, -0.05) is 226 Å². The number of esters is 2. The van der Waals surface area contributed by atoms with E-state index in [1.807, 2.05) is 0 Å². The zero-order valence-corrected chi connectivity index (χ0v) is 46.1. The van der Waals surface area contributed by atoms with Gasteiger partial charge in [-0.05, 0) is 103 Å². The van der Waals surface area contributed by atoms with E-state index in [4.69, 9.17) is 24.3 Å². The van der Waals surface area contributed by atoms with Crippen molar-refractivity contribution in [2.24, 2.45) is 5.73 Å². The number of hydrogen-bond donors (Lipinski definition) is 2. The third kappa shape index (κ3) is 55.8. The molecule has 0 rings (SSSR count). The van der Waals surface area contributed by atoms with Crippen LogP contribution in [0.15, 0.2) is 109 Å². The highest BCUT2D eigenvalue weighted by Gasteiger charge is 2.26. The van der Waals surface area contributed by atoms with Gasteiger partial charge in [0.1, 0.15) is 6.61 Å². The van der Waals surface area contributed by atoms with Gasteiger partial charge >= 0.3 is 19.8 Å². The van der Waals surface area contributed by atoms with E-state index < -0.39 is 32.5 Å². The molecule has 0 spiro atoms. The van der Waals surface area contributed by atoms with Gasteiger partial charge in [-0.15, -0.1) is 0 Å². The minimum absolute atomic E-state index is 0.0428. The van der Waals surface area contributed by atoms with E-state index in [0.717, 1.165) is 96.3 Å². The van der Waals surface area contributed by atoms with Crippen LogP contribution in [0.4, 0.5) is 0 Å². The minimum atomic E-state index is -4.40. The second kappa shape index (κ2) is 56.0. The van der Waals surface area contributed by atoms with Crippen LogP contribution in [0, 0.1) is 0 Å². The molecule has 10 heteroatoms. The van der Waals surface area contributed by atoms with Crippen LogP contribution in [0.25, 0.3) is 0 Å². The van der Waals surface area contributed by atoms with Gasteiger partial charge in [0.25, 0.3) is 0 Å². The van der Waals surface area contributed by atoms with Crippen LogP contribution >= 0.6 is 7.82 Å². The molecule has 0 saturated heterocycles. The number of unbranched alkanes of at least 4 members (excludes halogenated alkanes) is 21. The van der Waals surface area contributed by atoms with Gasteiger partial charge < -0.3 is 20.1 Å². The summed E-state index contributed by atoms with van der Waals surface area (Å²) < 4.78 is 33.0. The number of phosphoric ester groups is 1. The molecule has 0 heterocycles. The van der Waals surface area contributed by atoms with Crippen LogP contribution in [-0.4, -0.2) is 49.3 Å². The first kappa shape index (κ1) is 67.7. The molecule has 0 saturated carbocycles. The van der Waals surface area contributed by atoms with Crippen molar-refractivity contribution in [1.82, 2.24) is 0 Å². The summed E-state index contributed by atoms with van der Waals surface area (Å²) in [7, 11) is -4.40. The van der Waals surface area contributed by atoms with E-state index in [1.54, 1.807) is 0 Å². The monoisotopic (exact) mass is 1010 g/mol. The topological polar surface area (TPSA) is 134 Å². The second-order valence-electron chi connectivity index (χ2n) is 18.4. The van der Waals surface area contributed by atoms with Gasteiger partial charge in [-0.2, -0.15) is 0 Å². The molecule has 0 bridgehead atoms. The molecule has 2 atom stereocenters. The summed E-state index contributed by atoms with van der Waals surface area (Å²) in [5, 5.41) is 0. The van der Waals surface area contributed by atoms with Gasteiger partial charge in [0.15, 0.2) is 6.10 Å². The standard InChI is InChI=1S/C61H104NO8P/c1-3-5-7-9-11-13-15-17-19-21-23-25-27-28-29-30-32-33-35-37-39-41-43-45-47-49-51-53-60(63)67-57-59(58-69-71(65,66)68-56-55-62)70-61(64)54-52-50-48-46-44-42-40-38-36-34-31-26-24-22-20-18-16-14-12-10-8-6-4-2/h6,8,12,14-15,17-18,20-21,23-24,26-28,34,36,40,42,59H,3-5,7,9-11,13,16,19,22,25,29-33,35,37-39,41,43-58,62H2,1-2H3,(H,65,66)/b8-6-,14-12-,17-15-,20-18-,23-21-,26-24-,28-27-,36-34-,42-40-. The molecule has 0 amide bonds. The molecule has 0 aromatic heterocycles. The SMILES string of the molecule is CC/C=C\C/C=C\C/C=C\C/C=C\C/C=C\C/C=C\CCCCCCC(=O)OC(COC(=O)CCCCCCCCCCCCCC/C=C\C/C=C\C/C=C\CCCCCCC)COP(=O)(O)OCCN. The third-order valence-electron chi connectivity index (χ3n) is 11.6. The lowest BCUT2D eigenvalue weighted by Gasteiger charge is -2.19. The normalized spacial score (nSPS) is 13.9. The number of carbonyl (C=O) groups excluding carboxylic acids is 2. The van der Waals surface area contributed by atoms with Crippen LogP contribution < -0.4 is 5.73 Å². The number of rotatable bonds is 52. The maximum Gasteiger partial charge on any atom is 0.472 e. The van der Waals surface area contributed by atoms with Crippen molar-refractivity contribution in [3.05, 3.63) is 109 Å². The summed E-state index contributed by atoms with van der Waals surface area (Å²) in [6.45, 7) is 3.58. The Morgan fingerprint density at radius 2 is 0.775 bits per heavy atom. The summed E-state index contributed by atoms with van der Waals surface area (Å²) >= 11 is 0. The number of nitrogens with two attached hydrogens (primary N) is 1. The number of carbonyl (C=O) groups is 2. The first-order valence-corrected chi connectivity index (χ1v) is 29.9. The number of allylic oxidation sites excluding steroid dienone is 18. The first-order chi connectivity index (χ1) is 34.8. The Labute approximate surface area is 435 Å². The highest BCUT2D eigenvalue weighted by atomic mass is 31.2. The largest absolute Gasteiger partial charge is 0.472 e. The molecule has 406 valence electrons.